The molecule has 90 valence electrons. The fourth-order valence-electron chi connectivity index (χ4n) is 1.59. The first-order valence-corrected chi connectivity index (χ1v) is 5.26. The molecule has 0 saturated heterocycles. The van der Waals surface area contributed by atoms with Crippen LogP contribution in [-0.2, 0) is 15.1 Å². The van der Waals surface area contributed by atoms with Crippen LogP contribution in [0.25, 0.3) is 0 Å². The van der Waals surface area contributed by atoms with Gasteiger partial charge in [0.25, 0.3) is 0 Å². The Hall–Kier alpha value is -1.83. The molecular formula is C14H16O3. The molecule has 0 amide bonds. The Morgan fingerprint density at radius 2 is 2.06 bits per heavy atom. The summed E-state index contributed by atoms with van der Waals surface area (Å²) in [7, 11) is 1.29. The maximum Gasteiger partial charge on any atom is 0.309 e. The third kappa shape index (κ3) is 2.84. The zero-order valence-electron chi connectivity index (χ0n) is 10.1. The van der Waals surface area contributed by atoms with Crippen LogP contribution in [0.3, 0.4) is 0 Å². The number of methoxy groups -OCH3 is 1. The fourth-order valence-corrected chi connectivity index (χ4v) is 1.59. The number of aliphatic hydroxyl groups is 1. The fraction of sp³-hybridized carbons (Fsp3) is 0.286. The summed E-state index contributed by atoms with van der Waals surface area (Å²) < 4.78 is 4.60. The van der Waals surface area contributed by atoms with Crippen LogP contribution in [0.5, 0.6) is 0 Å². The summed E-state index contributed by atoms with van der Waals surface area (Å²) in [6, 6.07) is 8.95. The summed E-state index contributed by atoms with van der Waals surface area (Å²) in [6.07, 6.45) is -0.151. The zero-order valence-corrected chi connectivity index (χ0v) is 10.1. The molecule has 0 saturated carbocycles. The molecule has 1 aromatic carbocycles. The summed E-state index contributed by atoms with van der Waals surface area (Å²) in [4.78, 5) is 11.4. The van der Waals surface area contributed by atoms with Gasteiger partial charge in [-0.25, -0.2) is 0 Å². The largest absolute Gasteiger partial charge is 0.469 e. The number of hydrogen-bond acceptors (Lipinski definition) is 3. The number of carbonyl (C=O) groups is 1. The molecule has 3 heteroatoms. The Balaban J connectivity index is 3.20. The lowest BCUT2D eigenvalue weighted by Gasteiger charge is -2.27. The van der Waals surface area contributed by atoms with Gasteiger partial charge in [0.05, 0.1) is 13.5 Å². The molecule has 1 aromatic rings. The second-order valence-corrected chi connectivity index (χ2v) is 3.78. The molecule has 3 nitrogen and oxygen atoms in total. The van der Waals surface area contributed by atoms with Crippen LogP contribution >= 0.6 is 0 Å². The predicted octanol–water partition coefficient (Wildman–Crippen LogP) is 2.17. The first kappa shape index (κ1) is 13.2. The highest BCUT2D eigenvalue weighted by molar-refractivity contribution is 5.71. The smallest absolute Gasteiger partial charge is 0.309 e. The van der Waals surface area contributed by atoms with E-state index < -0.39 is 11.6 Å². The molecule has 0 bridgehead atoms. The van der Waals surface area contributed by atoms with Gasteiger partial charge in [-0.15, -0.1) is 5.73 Å². The number of ether oxygens (including phenoxy) is 1. The number of hydrogen-bond donors (Lipinski definition) is 1. The van der Waals surface area contributed by atoms with Crippen LogP contribution in [-0.4, -0.2) is 18.2 Å². The molecule has 0 aliphatic rings. The molecule has 0 spiro atoms. The quantitative estimate of drug-likeness (QED) is 0.639. The molecule has 0 fully saturated rings. The van der Waals surface area contributed by atoms with Gasteiger partial charge < -0.3 is 9.84 Å². The van der Waals surface area contributed by atoms with Crippen molar-refractivity contribution in [1.29, 1.82) is 0 Å². The van der Waals surface area contributed by atoms with Crippen LogP contribution in [0.15, 0.2) is 48.2 Å². The van der Waals surface area contributed by atoms with Crippen LogP contribution in [0.1, 0.15) is 18.9 Å². The molecule has 1 rings (SSSR count). The van der Waals surface area contributed by atoms with E-state index in [9.17, 15) is 9.90 Å². The lowest BCUT2D eigenvalue weighted by Crippen LogP contribution is -2.30. The van der Waals surface area contributed by atoms with E-state index in [-0.39, 0.29) is 6.42 Å². The maximum absolute atomic E-state index is 11.4. The van der Waals surface area contributed by atoms with Crippen molar-refractivity contribution in [1.82, 2.24) is 0 Å². The SMILES string of the molecule is C=C=C(C)C(O)(CC(=O)OC)c1ccccc1. The lowest BCUT2D eigenvalue weighted by atomic mass is 9.84. The number of rotatable bonds is 4. The zero-order chi connectivity index (χ0) is 12.9. The van der Waals surface area contributed by atoms with Gasteiger partial charge in [-0.05, 0) is 12.5 Å². The van der Waals surface area contributed by atoms with Gasteiger partial charge in [-0.1, -0.05) is 36.9 Å². The molecule has 0 aromatic heterocycles. The minimum absolute atomic E-state index is 0.151. The molecular weight excluding hydrogens is 216 g/mol. The van der Waals surface area contributed by atoms with Crippen LogP contribution in [0.4, 0.5) is 0 Å². The van der Waals surface area contributed by atoms with Gasteiger partial charge in [-0.2, -0.15) is 0 Å². The lowest BCUT2D eigenvalue weighted by molar-refractivity contribution is -0.145. The van der Waals surface area contributed by atoms with E-state index in [1.165, 1.54) is 7.11 Å². The van der Waals surface area contributed by atoms with Gasteiger partial charge in [0.15, 0.2) is 0 Å². The van der Waals surface area contributed by atoms with Crippen molar-refractivity contribution >= 4 is 5.97 Å². The van der Waals surface area contributed by atoms with Crippen molar-refractivity contribution in [3.63, 3.8) is 0 Å². The van der Waals surface area contributed by atoms with Crippen molar-refractivity contribution in [3.8, 4) is 0 Å². The molecule has 1 unspecified atom stereocenters. The Bertz CT molecular complexity index is 444. The monoisotopic (exact) mass is 232 g/mol. The van der Waals surface area contributed by atoms with Gasteiger partial charge >= 0.3 is 5.97 Å². The second-order valence-electron chi connectivity index (χ2n) is 3.78. The first-order chi connectivity index (χ1) is 8.04. The highest BCUT2D eigenvalue weighted by atomic mass is 16.5. The summed E-state index contributed by atoms with van der Waals surface area (Å²) in [5.74, 6) is -0.481. The van der Waals surface area contributed by atoms with E-state index in [1.54, 1.807) is 31.2 Å². The van der Waals surface area contributed by atoms with Crippen LogP contribution in [0, 0.1) is 0 Å². The predicted molar refractivity (Wildman–Crippen MR) is 65.3 cm³/mol. The highest BCUT2D eigenvalue weighted by Crippen LogP contribution is 2.32. The van der Waals surface area contributed by atoms with E-state index in [0.29, 0.717) is 11.1 Å². The van der Waals surface area contributed by atoms with E-state index in [1.807, 2.05) is 6.07 Å². The van der Waals surface area contributed by atoms with Gasteiger partial charge in [-0.3, -0.25) is 4.79 Å². The Kier molecular flexibility index (Phi) is 4.27. The molecule has 0 aliphatic carbocycles. The Morgan fingerprint density at radius 1 is 1.47 bits per heavy atom. The summed E-state index contributed by atoms with van der Waals surface area (Å²) >= 11 is 0. The van der Waals surface area contributed by atoms with Crippen molar-refractivity contribution in [2.45, 2.75) is 18.9 Å². The van der Waals surface area contributed by atoms with E-state index in [0.717, 1.165) is 0 Å². The topological polar surface area (TPSA) is 46.5 Å². The van der Waals surface area contributed by atoms with Gasteiger partial charge in [0.1, 0.15) is 5.60 Å². The number of carbonyl (C=O) groups excluding carboxylic acids is 1. The minimum Gasteiger partial charge on any atom is -0.469 e. The van der Waals surface area contributed by atoms with Crippen molar-refractivity contribution in [2.75, 3.05) is 7.11 Å². The maximum atomic E-state index is 11.4. The van der Waals surface area contributed by atoms with E-state index >= 15 is 0 Å². The first-order valence-electron chi connectivity index (χ1n) is 5.26. The van der Waals surface area contributed by atoms with E-state index in [4.69, 9.17) is 0 Å². The molecule has 0 radical (unpaired) electrons. The molecule has 1 atom stereocenters. The summed E-state index contributed by atoms with van der Waals surface area (Å²) in [5, 5.41) is 10.6. The molecule has 1 N–H and O–H groups in total. The van der Waals surface area contributed by atoms with Crippen molar-refractivity contribution in [2.24, 2.45) is 0 Å². The minimum atomic E-state index is -1.41. The number of esters is 1. The molecule has 0 aliphatic heterocycles. The van der Waals surface area contributed by atoms with Crippen LogP contribution < -0.4 is 0 Å². The second kappa shape index (κ2) is 5.48. The molecule has 0 heterocycles. The highest BCUT2D eigenvalue weighted by Gasteiger charge is 2.34. The van der Waals surface area contributed by atoms with Crippen LogP contribution in [0.2, 0.25) is 0 Å². The Morgan fingerprint density at radius 3 is 2.53 bits per heavy atom. The van der Waals surface area contributed by atoms with Crippen molar-refractivity contribution in [3.05, 3.63) is 53.8 Å². The van der Waals surface area contributed by atoms with E-state index in [2.05, 4.69) is 17.0 Å². The average Bonchev–Trinajstić information content (AvgIpc) is 2.38. The average molecular weight is 232 g/mol. The summed E-state index contributed by atoms with van der Waals surface area (Å²) in [5.41, 5.74) is 2.35. The normalized spacial score (nSPS) is 13.4. The third-order valence-corrected chi connectivity index (χ3v) is 2.76. The Labute approximate surface area is 101 Å². The molecule has 17 heavy (non-hydrogen) atoms. The third-order valence-electron chi connectivity index (χ3n) is 2.76. The van der Waals surface area contributed by atoms with Gasteiger partial charge in [0.2, 0.25) is 0 Å². The summed E-state index contributed by atoms with van der Waals surface area (Å²) in [6.45, 7) is 5.19. The standard InChI is InChI=1S/C14H16O3/c1-4-11(2)14(16,10-13(15)17-3)12-8-6-5-7-9-12/h5-9,16H,1,10H2,2-3H3. The van der Waals surface area contributed by atoms with Gasteiger partial charge in [0, 0.05) is 5.57 Å². The number of benzene rings is 1. The van der Waals surface area contributed by atoms with Crippen molar-refractivity contribution < 1.29 is 14.6 Å².